The Morgan fingerprint density at radius 3 is 2.94 bits per heavy atom. The van der Waals surface area contributed by atoms with Gasteiger partial charge in [0.05, 0.1) is 19.3 Å². The van der Waals surface area contributed by atoms with Crippen molar-refractivity contribution in [1.82, 2.24) is 10.8 Å². The molecule has 5 heteroatoms. The highest BCUT2D eigenvalue weighted by atomic mass is 16.7. The maximum absolute atomic E-state index is 11.8. The topological polar surface area (TPSA) is 59.6 Å². The lowest BCUT2D eigenvalue weighted by Crippen LogP contribution is -2.43. The maximum atomic E-state index is 11.8. The van der Waals surface area contributed by atoms with Crippen LogP contribution in [0.4, 0.5) is 0 Å². The number of ether oxygens (including phenoxy) is 1. The van der Waals surface area contributed by atoms with E-state index in [2.05, 4.69) is 10.8 Å². The van der Waals surface area contributed by atoms with E-state index in [0.717, 1.165) is 6.42 Å². The normalized spacial score (nSPS) is 32.2. The minimum absolute atomic E-state index is 0.0458. The summed E-state index contributed by atoms with van der Waals surface area (Å²) in [5.74, 6) is 0.633. The predicted octanol–water partition coefficient (Wildman–Crippen LogP) is 0.601. The zero-order valence-corrected chi connectivity index (χ0v) is 10.4. The quantitative estimate of drug-likeness (QED) is 0.547. The molecule has 0 radical (unpaired) electrons. The molecule has 0 aromatic rings. The summed E-state index contributed by atoms with van der Waals surface area (Å²) in [6.45, 7) is 0.880. The van der Waals surface area contributed by atoms with Crippen LogP contribution in [0, 0.1) is 5.92 Å². The van der Waals surface area contributed by atoms with Crippen LogP contribution in [0.3, 0.4) is 0 Å². The first-order chi connectivity index (χ1) is 8.31. The molecule has 2 N–H and O–H groups in total. The van der Waals surface area contributed by atoms with Gasteiger partial charge in [-0.15, -0.1) is 0 Å². The van der Waals surface area contributed by atoms with Crippen LogP contribution in [0.5, 0.6) is 0 Å². The molecule has 0 aromatic carbocycles. The molecule has 98 valence electrons. The van der Waals surface area contributed by atoms with Crippen LogP contribution in [0.1, 0.15) is 32.1 Å². The summed E-state index contributed by atoms with van der Waals surface area (Å²) < 4.78 is 4.83. The SMILES string of the molecule is COCCONC(=O)C1CC2CCCCC2N1. The highest BCUT2D eigenvalue weighted by Gasteiger charge is 2.38. The lowest BCUT2D eigenvalue weighted by molar-refractivity contribution is -0.136. The van der Waals surface area contributed by atoms with E-state index in [9.17, 15) is 4.79 Å². The summed E-state index contributed by atoms with van der Waals surface area (Å²) in [5, 5.41) is 3.41. The smallest absolute Gasteiger partial charge is 0.260 e. The molecule has 1 heterocycles. The van der Waals surface area contributed by atoms with Gasteiger partial charge in [0.2, 0.25) is 0 Å². The van der Waals surface area contributed by atoms with E-state index in [1.54, 1.807) is 7.11 Å². The van der Waals surface area contributed by atoms with Gasteiger partial charge in [0, 0.05) is 13.2 Å². The summed E-state index contributed by atoms with van der Waals surface area (Å²) >= 11 is 0. The zero-order chi connectivity index (χ0) is 12.1. The molecular weight excluding hydrogens is 220 g/mol. The second-order valence-electron chi connectivity index (χ2n) is 4.91. The molecule has 1 amide bonds. The van der Waals surface area contributed by atoms with Crippen molar-refractivity contribution in [3.8, 4) is 0 Å². The van der Waals surface area contributed by atoms with Gasteiger partial charge >= 0.3 is 0 Å². The lowest BCUT2D eigenvalue weighted by atomic mass is 9.85. The van der Waals surface area contributed by atoms with Crippen LogP contribution in [0.2, 0.25) is 0 Å². The van der Waals surface area contributed by atoms with E-state index in [4.69, 9.17) is 9.57 Å². The molecule has 17 heavy (non-hydrogen) atoms. The predicted molar refractivity (Wildman–Crippen MR) is 63.3 cm³/mol. The van der Waals surface area contributed by atoms with Gasteiger partial charge in [-0.05, 0) is 25.2 Å². The number of nitrogens with one attached hydrogen (secondary N) is 2. The van der Waals surface area contributed by atoms with Crippen molar-refractivity contribution in [2.45, 2.75) is 44.2 Å². The van der Waals surface area contributed by atoms with Gasteiger partial charge in [-0.2, -0.15) is 0 Å². The summed E-state index contributed by atoms with van der Waals surface area (Å²) in [5.41, 5.74) is 2.49. The van der Waals surface area contributed by atoms with Gasteiger partial charge in [0.25, 0.3) is 5.91 Å². The van der Waals surface area contributed by atoms with Crippen molar-refractivity contribution < 1.29 is 14.4 Å². The van der Waals surface area contributed by atoms with Crippen molar-refractivity contribution in [2.75, 3.05) is 20.3 Å². The summed E-state index contributed by atoms with van der Waals surface area (Å²) in [7, 11) is 1.61. The zero-order valence-electron chi connectivity index (χ0n) is 10.4. The Hall–Kier alpha value is -0.650. The van der Waals surface area contributed by atoms with Crippen LogP contribution in [-0.4, -0.2) is 38.3 Å². The molecule has 3 unspecified atom stereocenters. The fourth-order valence-corrected chi connectivity index (χ4v) is 2.84. The molecular formula is C12H22N2O3. The van der Waals surface area contributed by atoms with Gasteiger partial charge in [0.1, 0.15) is 0 Å². The van der Waals surface area contributed by atoms with Crippen molar-refractivity contribution in [3.63, 3.8) is 0 Å². The number of methoxy groups -OCH3 is 1. The number of carbonyl (C=O) groups is 1. The van der Waals surface area contributed by atoms with Gasteiger partial charge in [-0.25, -0.2) is 5.48 Å². The highest BCUT2D eigenvalue weighted by Crippen LogP contribution is 2.33. The first kappa shape index (κ1) is 12.8. The van der Waals surface area contributed by atoms with Crippen LogP contribution < -0.4 is 10.8 Å². The van der Waals surface area contributed by atoms with E-state index >= 15 is 0 Å². The molecule has 2 fully saturated rings. The van der Waals surface area contributed by atoms with Crippen LogP contribution in [-0.2, 0) is 14.4 Å². The van der Waals surface area contributed by atoms with Crippen LogP contribution in [0.15, 0.2) is 0 Å². The number of carbonyl (C=O) groups excluding carboxylic acids is 1. The first-order valence-corrected chi connectivity index (χ1v) is 6.48. The molecule has 1 saturated carbocycles. The molecule has 1 saturated heterocycles. The molecule has 2 rings (SSSR count). The Morgan fingerprint density at radius 2 is 2.18 bits per heavy atom. The van der Waals surface area contributed by atoms with E-state index < -0.39 is 0 Å². The van der Waals surface area contributed by atoms with E-state index in [0.29, 0.717) is 25.2 Å². The standard InChI is InChI=1S/C12H22N2O3/c1-16-6-7-17-14-12(15)11-8-9-4-2-3-5-10(9)13-11/h9-11,13H,2-8H2,1H3,(H,14,15). The Labute approximate surface area is 102 Å². The monoisotopic (exact) mass is 242 g/mol. The fourth-order valence-electron chi connectivity index (χ4n) is 2.84. The molecule has 1 aliphatic carbocycles. The summed E-state index contributed by atoms with van der Waals surface area (Å²) in [6, 6.07) is 0.462. The second kappa shape index (κ2) is 6.33. The van der Waals surface area contributed by atoms with Gasteiger partial charge in [-0.1, -0.05) is 12.8 Å². The average Bonchev–Trinajstić information content (AvgIpc) is 2.78. The molecule has 0 aromatic heterocycles. The third kappa shape index (κ3) is 3.40. The van der Waals surface area contributed by atoms with Crippen molar-refractivity contribution >= 4 is 5.91 Å². The number of hydroxylamine groups is 1. The van der Waals surface area contributed by atoms with Gasteiger partial charge in [-0.3, -0.25) is 9.63 Å². The number of rotatable bonds is 5. The minimum atomic E-state index is -0.0781. The Kier molecular flexibility index (Phi) is 4.76. The summed E-state index contributed by atoms with van der Waals surface area (Å²) in [4.78, 5) is 16.8. The molecule has 0 bridgehead atoms. The molecule has 1 aliphatic heterocycles. The Balaban J connectivity index is 1.70. The number of fused-ring (bicyclic) bond motifs is 1. The van der Waals surface area contributed by atoms with Crippen LogP contribution in [0.25, 0.3) is 0 Å². The Bertz CT molecular complexity index is 246. The highest BCUT2D eigenvalue weighted by molar-refractivity contribution is 5.81. The number of hydrogen-bond acceptors (Lipinski definition) is 4. The van der Waals surface area contributed by atoms with E-state index in [1.807, 2.05) is 0 Å². The minimum Gasteiger partial charge on any atom is -0.382 e. The number of amides is 1. The third-order valence-corrected chi connectivity index (χ3v) is 3.74. The van der Waals surface area contributed by atoms with Gasteiger partial charge in [0.15, 0.2) is 0 Å². The molecule has 3 atom stereocenters. The molecule has 2 aliphatic rings. The third-order valence-electron chi connectivity index (χ3n) is 3.74. The number of hydrogen-bond donors (Lipinski definition) is 2. The van der Waals surface area contributed by atoms with E-state index in [1.165, 1.54) is 25.7 Å². The summed E-state index contributed by atoms with van der Waals surface area (Å²) in [6.07, 6.45) is 6.00. The Morgan fingerprint density at radius 1 is 1.35 bits per heavy atom. The molecule has 5 nitrogen and oxygen atoms in total. The largest absolute Gasteiger partial charge is 0.382 e. The second-order valence-corrected chi connectivity index (χ2v) is 4.91. The molecule has 0 spiro atoms. The van der Waals surface area contributed by atoms with Crippen molar-refractivity contribution in [1.29, 1.82) is 0 Å². The van der Waals surface area contributed by atoms with Crippen LogP contribution >= 0.6 is 0 Å². The van der Waals surface area contributed by atoms with Gasteiger partial charge < -0.3 is 10.1 Å². The lowest BCUT2D eigenvalue weighted by Gasteiger charge is -2.24. The van der Waals surface area contributed by atoms with Crippen molar-refractivity contribution in [3.05, 3.63) is 0 Å². The maximum Gasteiger partial charge on any atom is 0.260 e. The van der Waals surface area contributed by atoms with E-state index in [-0.39, 0.29) is 11.9 Å². The van der Waals surface area contributed by atoms with Crippen molar-refractivity contribution in [2.24, 2.45) is 5.92 Å². The first-order valence-electron chi connectivity index (χ1n) is 6.48. The average molecular weight is 242 g/mol. The fraction of sp³-hybridized carbons (Fsp3) is 0.917.